The van der Waals surface area contributed by atoms with Gasteiger partial charge in [0.25, 0.3) is 0 Å². The molecule has 0 saturated heterocycles. The van der Waals surface area contributed by atoms with Crippen molar-refractivity contribution in [1.82, 2.24) is 4.72 Å². The third-order valence-electron chi connectivity index (χ3n) is 3.07. The van der Waals surface area contributed by atoms with Gasteiger partial charge in [0, 0.05) is 18.1 Å². The molecule has 0 saturated carbocycles. The molecule has 0 amide bonds. The lowest BCUT2D eigenvalue weighted by atomic mass is 10.2. The minimum atomic E-state index is -3.56. The lowest BCUT2D eigenvalue weighted by molar-refractivity contribution is 0.146. The third-order valence-corrected chi connectivity index (χ3v) is 5.49. The number of rotatable bonds is 8. The van der Waals surface area contributed by atoms with Crippen molar-refractivity contribution >= 4 is 26.0 Å². The van der Waals surface area contributed by atoms with Crippen LogP contribution >= 0.6 is 15.9 Å². The van der Waals surface area contributed by atoms with E-state index < -0.39 is 10.0 Å². The molecule has 0 fully saturated rings. The first-order chi connectivity index (χ1) is 11.0. The van der Waals surface area contributed by atoms with Crippen LogP contribution in [-0.4, -0.2) is 28.7 Å². The summed E-state index contributed by atoms with van der Waals surface area (Å²) in [6.07, 6.45) is 0. The number of hydrogen-bond acceptors (Lipinski definition) is 4. The molecule has 7 heteroatoms. The number of nitrogens with one attached hydrogen (secondary N) is 1. The van der Waals surface area contributed by atoms with Crippen molar-refractivity contribution in [2.75, 3.05) is 20.3 Å². The molecule has 5 nitrogen and oxygen atoms in total. The zero-order chi connectivity index (χ0) is 16.7. The lowest BCUT2D eigenvalue weighted by Gasteiger charge is -2.09. The summed E-state index contributed by atoms with van der Waals surface area (Å²) in [5.41, 5.74) is 0.847. The number of sulfonamides is 1. The smallest absolute Gasteiger partial charge is 0.241 e. The Morgan fingerprint density at radius 2 is 1.74 bits per heavy atom. The molecule has 0 aliphatic heterocycles. The summed E-state index contributed by atoms with van der Waals surface area (Å²) in [7, 11) is -1.95. The molecular weight excluding hydrogens is 382 g/mol. The van der Waals surface area contributed by atoms with E-state index in [-0.39, 0.29) is 11.4 Å². The molecule has 0 unspecified atom stereocenters. The minimum absolute atomic E-state index is 0.210. The highest BCUT2D eigenvalue weighted by Gasteiger charge is 2.16. The monoisotopic (exact) mass is 399 g/mol. The van der Waals surface area contributed by atoms with Crippen LogP contribution in [0.25, 0.3) is 0 Å². The highest BCUT2D eigenvalue weighted by Crippen LogP contribution is 2.21. The number of methoxy groups -OCH3 is 1. The molecular formula is C16H18BrNO4S. The Morgan fingerprint density at radius 3 is 2.39 bits per heavy atom. The molecule has 0 atom stereocenters. The van der Waals surface area contributed by atoms with Crippen molar-refractivity contribution in [2.24, 2.45) is 0 Å². The first-order valence-corrected chi connectivity index (χ1v) is 9.25. The second-order valence-corrected chi connectivity index (χ2v) is 7.33. The normalized spacial score (nSPS) is 11.4. The Balaban J connectivity index is 1.96. The van der Waals surface area contributed by atoms with Crippen molar-refractivity contribution < 1.29 is 17.9 Å². The average Bonchev–Trinajstić information content (AvgIpc) is 2.55. The first-order valence-electron chi connectivity index (χ1n) is 6.98. The highest BCUT2D eigenvalue weighted by atomic mass is 79.9. The van der Waals surface area contributed by atoms with E-state index in [0.717, 1.165) is 11.3 Å². The Morgan fingerprint density at radius 1 is 1.04 bits per heavy atom. The summed E-state index contributed by atoms with van der Waals surface area (Å²) in [5.74, 6) is 0.722. The van der Waals surface area contributed by atoms with Gasteiger partial charge in [-0.1, -0.05) is 24.3 Å². The highest BCUT2D eigenvalue weighted by molar-refractivity contribution is 9.10. The van der Waals surface area contributed by atoms with Gasteiger partial charge >= 0.3 is 0 Å². The predicted octanol–water partition coefficient (Wildman–Crippen LogP) is 2.95. The summed E-state index contributed by atoms with van der Waals surface area (Å²) >= 11 is 3.25. The van der Waals surface area contributed by atoms with Gasteiger partial charge in [0.05, 0.1) is 11.5 Å². The Bertz CT molecular complexity index is 732. The second-order valence-electron chi connectivity index (χ2n) is 4.74. The predicted molar refractivity (Wildman–Crippen MR) is 92.0 cm³/mol. The molecule has 1 N–H and O–H groups in total. The molecule has 0 aromatic heterocycles. The van der Waals surface area contributed by atoms with E-state index in [1.807, 2.05) is 12.1 Å². The number of halogens is 1. The minimum Gasteiger partial charge on any atom is -0.491 e. The fourth-order valence-electron chi connectivity index (χ4n) is 1.87. The standard InChI is InChI=1S/C16H18BrNO4S/c1-21-10-11-22-14-8-6-13(7-9-14)12-18-23(19,20)16-5-3-2-4-15(16)17/h2-9,18H,10-12H2,1H3. The van der Waals surface area contributed by atoms with Gasteiger partial charge in [-0.3, -0.25) is 0 Å². The van der Waals surface area contributed by atoms with Crippen LogP contribution in [-0.2, 0) is 21.3 Å². The molecule has 0 aliphatic carbocycles. The quantitative estimate of drug-likeness (QED) is 0.693. The van der Waals surface area contributed by atoms with Crippen LogP contribution in [0.1, 0.15) is 5.56 Å². The summed E-state index contributed by atoms with van der Waals surface area (Å²) in [4.78, 5) is 0.222. The zero-order valence-electron chi connectivity index (χ0n) is 12.7. The van der Waals surface area contributed by atoms with Gasteiger partial charge in [-0.25, -0.2) is 13.1 Å². The van der Waals surface area contributed by atoms with Crippen LogP contribution in [0.4, 0.5) is 0 Å². The Labute approximate surface area is 144 Å². The third kappa shape index (κ3) is 5.31. The van der Waals surface area contributed by atoms with Gasteiger partial charge in [-0.15, -0.1) is 0 Å². The van der Waals surface area contributed by atoms with Gasteiger partial charge in [-0.2, -0.15) is 0 Å². The SMILES string of the molecule is COCCOc1ccc(CNS(=O)(=O)c2ccccc2Br)cc1. The van der Waals surface area contributed by atoms with Gasteiger partial charge in [0.1, 0.15) is 12.4 Å². The Hall–Kier alpha value is -1.41. The van der Waals surface area contributed by atoms with Gasteiger partial charge in [0.15, 0.2) is 0 Å². The van der Waals surface area contributed by atoms with Crippen LogP contribution in [0.2, 0.25) is 0 Å². The van der Waals surface area contributed by atoms with Crippen molar-refractivity contribution in [3.63, 3.8) is 0 Å². The molecule has 0 aliphatic rings. The topological polar surface area (TPSA) is 64.6 Å². The zero-order valence-corrected chi connectivity index (χ0v) is 15.1. The molecule has 2 aromatic carbocycles. The van der Waals surface area contributed by atoms with E-state index >= 15 is 0 Å². The second kappa shape index (κ2) is 8.44. The summed E-state index contributed by atoms with van der Waals surface area (Å²) in [5, 5.41) is 0. The van der Waals surface area contributed by atoms with Crippen LogP contribution in [0.15, 0.2) is 57.9 Å². The maximum Gasteiger partial charge on any atom is 0.241 e. The van der Waals surface area contributed by atoms with E-state index in [1.54, 1.807) is 43.5 Å². The van der Waals surface area contributed by atoms with E-state index in [2.05, 4.69) is 20.7 Å². The lowest BCUT2D eigenvalue weighted by Crippen LogP contribution is -2.23. The molecule has 0 heterocycles. The first kappa shape index (κ1) is 17.9. The molecule has 124 valence electrons. The number of ether oxygens (including phenoxy) is 2. The van der Waals surface area contributed by atoms with Crippen LogP contribution in [0.5, 0.6) is 5.75 Å². The fourth-order valence-corrected chi connectivity index (χ4v) is 3.88. The molecule has 2 aromatic rings. The summed E-state index contributed by atoms with van der Waals surface area (Å²) in [6.45, 7) is 1.21. The molecule has 0 radical (unpaired) electrons. The number of benzene rings is 2. The Kier molecular flexibility index (Phi) is 6.59. The molecule has 0 spiro atoms. The summed E-state index contributed by atoms with van der Waals surface area (Å²) < 4.78 is 38.1. The van der Waals surface area contributed by atoms with E-state index in [1.165, 1.54) is 0 Å². The van der Waals surface area contributed by atoms with Crippen LogP contribution in [0.3, 0.4) is 0 Å². The van der Waals surface area contributed by atoms with Gasteiger partial charge in [-0.05, 0) is 45.8 Å². The maximum absolute atomic E-state index is 12.3. The van der Waals surface area contributed by atoms with Gasteiger partial charge < -0.3 is 9.47 Å². The number of hydrogen-bond donors (Lipinski definition) is 1. The van der Waals surface area contributed by atoms with E-state index in [0.29, 0.717) is 17.7 Å². The maximum atomic E-state index is 12.3. The molecule has 0 bridgehead atoms. The van der Waals surface area contributed by atoms with Crippen molar-refractivity contribution in [3.05, 3.63) is 58.6 Å². The van der Waals surface area contributed by atoms with E-state index in [9.17, 15) is 8.42 Å². The largest absolute Gasteiger partial charge is 0.491 e. The van der Waals surface area contributed by atoms with Crippen molar-refractivity contribution in [2.45, 2.75) is 11.4 Å². The average molecular weight is 400 g/mol. The van der Waals surface area contributed by atoms with Crippen molar-refractivity contribution in [1.29, 1.82) is 0 Å². The summed E-state index contributed by atoms with van der Waals surface area (Å²) in [6, 6.07) is 14.0. The molecule has 23 heavy (non-hydrogen) atoms. The molecule has 2 rings (SSSR count). The van der Waals surface area contributed by atoms with Crippen LogP contribution in [0, 0.1) is 0 Å². The van der Waals surface area contributed by atoms with Crippen LogP contribution < -0.4 is 9.46 Å². The van der Waals surface area contributed by atoms with E-state index in [4.69, 9.17) is 9.47 Å². The van der Waals surface area contributed by atoms with Crippen molar-refractivity contribution in [3.8, 4) is 5.75 Å². The fraction of sp³-hybridized carbons (Fsp3) is 0.250. The van der Waals surface area contributed by atoms with Gasteiger partial charge in [0.2, 0.25) is 10.0 Å².